The second kappa shape index (κ2) is 13.3. The molecule has 3 aromatic carbocycles. The number of benzene rings is 3. The lowest BCUT2D eigenvalue weighted by Gasteiger charge is -2.32. The van der Waals surface area contributed by atoms with Crippen LogP contribution >= 0.6 is 0 Å². The predicted octanol–water partition coefficient (Wildman–Crippen LogP) is 4.94. The topological polar surface area (TPSA) is 67.9 Å². The molecule has 36 heavy (non-hydrogen) atoms. The number of rotatable bonds is 12. The van der Waals surface area contributed by atoms with Crippen LogP contribution in [0.5, 0.6) is 11.5 Å². The minimum Gasteiger partial charge on any atom is -0.497 e. The molecule has 0 radical (unpaired) electrons. The van der Waals surface area contributed by atoms with Crippen molar-refractivity contribution in [3.63, 3.8) is 0 Å². The molecule has 3 aromatic rings. The molecule has 3 rings (SSSR count). The molecule has 0 aliphatic rings. The van der Waals surface area contributed by atoms with Crippen molar-refractivity contribution in [3.05, 3.63) is 95.6 Å². The van der Waals surface area contributed by atoms with Gasteiger partial charge in [-0.05, 0) is 55.2 Å². The molecule has 0 aliphatic carbocycles. The van der Waals surface area contributed by atoms with Gasteiger partial charge in [-0.2, -0.15) is 0 Å². The summed E-state index contributed by atoms with van der Waals surface area (Å²) in [5, 5.41) is 3.08. The maximum Gasteiger partial charge on any atom is 0.261 e. The molecule has 0 unspecified atom stereocenters. The molecule has 6 heteroatoms. The minimum atomic E-state index is -0.708. The fraction of sp³-hybridized carbons (Fsp3) is 0.333. The van der Waals surface area contributed by atoms with E-state index in [2.05, 4.69) is 5.32 Å². The third-order valence-electron chi connectivity index (χ3n) is 6.20. The zero-order valence-corrected chi connectivity index (χ0v) is 21.6. The monoisotopic (exact) mass is 488 g/mol. The Morgan fingerprint density at radius 3 is 2.33 bits per heavy atom. The molecule has 1 N–H and O–H groups in total. The van der Waals surface area contributed by atoms with E-state index in [-0.39, 0.29) is 31.0 Å². The number of nitrogens with zero attached hydrogens (tertiary/aromatic N) is 1. The lowest BCUT2D eigenvalue weighted by molar-refractivity contribution is -0.143. The van der Waals surface area contributed by atoms with Crippen molar-refractivity contribution in [2.45, 2.75) is 52.2 Å². The minimum absolute atomic E-state index is 0.00670. The summed E-state index contributed by atoms with van der Waals surface area (Å²) < 4.78 is 11.3. The quantitative estimate of drug-likeness (QED) is 0.392. The first-order chi connectivity index (χ1) is 17.4. The normalized spacial score (nSPS) is 12.3. The molecule has 0 spiro atoms. The molecule has 0 fully saturated rings. The average molecular weight is 489 g/mol. The van der Waals surface area contributed by atoms with Crippen LogP contribution in [-0.2, 0) is 22.6 Å². The summed E-state index contributed by atoms with van der Waals surface area (Å²) in [5.41, 5.74) is 2.79. The van der Waals surface area contributed by atoms with Crippen molar-refractivity contribution < 1.29 is 19.1 Å². The van der Waals surface area contributed by atoms with Crippen molar-refractivity contribution in [3.8, 4) is 11.5 Å². The Kier molecular flexibility index (Phi) is 9.92. The number of nitrogens with one attached hydrogen (secondary N) is 1. The molecule has 2 amide bonds. The lowest BCUT2D eigenvalue weighted by Crippen LogP contribution is -2.53. The molecule has 0 bridgehead atoms. The average Bonchev–Trinajstić information content (AvgIpc) is 2.90. The number of para-hydroxylation sites is 1. The fourth-order valence-corrected chi connectivity index (χ4v) is 3.90. The highest BCUT2D eigenvalue weighted by Crippen LogP contribution is 2.20. The molecule has 0 aliphatic heterocycles. The zero-order valence-electron chi connectivity index (χ0n) is 21.6. The molecular weight excluding hydrogens is 452 g/mol. The van der Waals surface area contributed by atoms with E-state index >= 15 is 0 Å². The highest BCUT2D eigenvalue weighted by atomic mass is 16.5. The maximum absolute atomic E-state index is 13.7. The first-order valence-corrected chi connectivity index (χ1v) is 12.4. The Morgan fingerprint density at radius 1 is 0.944 bits per heavy atom. The molecule has 6 nitrogen and oxygen atoms in total. The number of aryl methyl sites for hydroxylation is 1. The van der Waals surface area contributed by atoms with Crippen molar-refractivity contribution in [2.75, 3.05) is 13.7 Å². The second-order valence-corrected chi connectivity index (χ2v) is 8.95. The SMILES string of the molecule is CC[C@@H](C)NC(=O)[C@@H](Cc1ccccc1)N(Cc1cccc(OC)c1)C(=O)COc1ccccc1C. The third-order valence-corrected chi connectivity index (χ3v) is 6.20. The Morgan fingerprint density at radius 2 is 1.64 bits per heavy atom. The van der Waals surface area contributed by atoms with Gasteiger partial charge < -0.3 is 19.7 Å². The number of hydrogen-bond acceptors (Lipinski definition) is 4. The van der Waals surface area contributed by atoms with Gasteiger partial charge >= 0.3 is 0 Å². The summed E-state index contributed by atoms with van der Waals surface area (Å²) in [6.45, 7) is 6.00. The Bertz CT molecular complexity index is 1130. The summed E-state index contributed by atoms with van der Waals surface area (Å²) in [6, 6.07) is 24.2. The van der Waals surface area contributed by atoms with Crippen molar-refractivity contribution >= 4 is 11.8 Å². The third kappa shape index (κ3) is 7.60. The first-order valence-electron chi connectivity index (χ1n) is 12.4. The molecular formula is C30H36N2O4. The zero-order chi connectivity index (χ0) is 25.9. The van der Waals surface area contributed by atoms with Crippen molar-refractivity contribution in [2.24, 2.45) is 0 Å². The van der Waals surface area contributed by atoms with E-state index in [1.165, 1.54) is 0 Å². The van der Waals surface area contributed by atoms with Crippen LogP contribution in [0.15, 0.2) is 78.9 Å². The van der Waals surface area contributed by atoms with E-state index in [4.69, 9.17) is 9.47 Å². The molecule has 190 valence electrons. The van der Waals surface area contributed by atoms with E-state index in [1.54, 1.807) is 12.0 Å². The number of carbonyl (C=O) groups excluding carboxylic acids is 2. The Balaban J connectivity index is 1.94. The number of amides is 2. The maximum atomic E-state index is 13.7. The van der Waals surface area contributed by atoms with Crippen LogP contribution in [0, 0.1) is 6.92 Å². The summed E-state index contributed by atoms with van der Waals surface area (Å²) in [5.74, 6) is 0.900. The van der Waals surface area contributed by atoms with E-state index in [0.717, 1.165) is 23.1 Å². The lowest BCUT2D eigenvalue weighted by atomic mass is 10.0. The number of carbonyl (C=O) groups is 2. The highest BCUT2D eigenvalue weighted by Gasteiger charge is 2.31. The van der Waals surface area contributed by atoms with Crippen LogP contribution in [0.25, 0.3) is 0 Å². The second-order valence-electron chi connectivity index (χ2n) is 8.95. The van der Waals surface area contributed by atoms with Gasteiger partial charge in [-0.3, -0.25) is 9.59 Å². The van der Waals surface area contributed by atoms with Gasteiger partial charge in [0.2, 0.25) is 5.91 Å². The van der Waals surface area contributed by atoms with Gasteiger partial charge in [0.15, 0.2) is 6.61 Å². The van der Waals surface area contributed by atoms with Gasteiger partial charge in [0.25, 0.3) is 5.91 Å². The van der Waals surface area contributed by atoms with Crippen LogP contribution in [0.2, 0.25) is 0 Å². The van der Waals surface area contributed by atoms with Crippen molar-refractivity contribution in [1.29, 1.82) is 0 Å². The standard InChI is InChI=1S/C30H36N2O4/c1-5-23(3)31-30(34)27(19-24-13-7-6-8-14-24)32(20-25-15-11-16-26(18-25)35-4)29(33)21-36-28-17-10-9-12-22(28)2/h6-18,23,27H,5,19-21H2,1-4H3,(H,31,34)/t23-,27-/m1/s1. The van der Waals surface area contributed by atoms with Gasteiger partial charge in [-0.15, -0.1) is 0 Å². The van der Waals surface area contributed by atoms with Gasteiger partial charge in [-0.1, -0.05) is 67.6 Å². The smallest absolute Gasteiger partial charge is 0.261 e. The predicted molar refractivity (Wildman–Crippen MR) is 142 cm³/mol. The van der Waals surface area contributed by atoms with E-state index in [9.17, 15) is 9.59 Å². The van der Waals surface area contributed by atoms with Crippen LogP contribution < -0.4 is 14.8 Å². The highest BCUT2D eigenvalue weighted by molar-refractivity contribution is 5.88. The van der Waals surface area contributed by atoms with Gasteiger partial charge in [0, 0.05) is 19.0 Å². The van der Waals surface area contributed by atoms with Crippen LogP contribution in [0.1, 0.15) is 37.0 Å². The van der Waals surface area contributed by atoms with Crippen LogP contribution in [0.4, 0.5) is 0 Å². The Hall–Kier alpha value is -3.80. The van der Waals surface area contributed by atoms with Crippen molar-refractivity contribution in [1.82, 2.24) is 10.2 Å². The van der Waals surface area contributed by atoms with Crippen LogP contribution in [-0.4, -0.2) is 42.5 Å². The summed E-state index contributed by atoms with van der Waals surface area (Å²) in [7, 11) is 1.61. The number of ether oxygens (including phenoxy) is 2. The largest absolute Gasteiger partial charge is 0.497 e. The Labute approximate surface area is 214 Å². The number of hydrogen-bond donors (Lipinski definition) is 1. The summed E-state index contributed by atoms with van der Waals surface area (Å²) >= 11 is 0. The molecule has 2 atom stereocenters. The first kappa shape index (κ1) is 26.8. The van der Waals surface area contributed by atoms with E-state index in [1.807, 2.05) is 99.6 Å². The van der Waals surface area contributed by atoms with Gasteiger partial charge in [-0.25, -0.2) is 0 Å². The summed E-state index contributed by atoms with van der Waals surface area (Å²) in [4.78, 5) is 28.8. The van der Waals surface area contributed by atoms with E-state index in [0.29, 0.717) is 17.9 Å². The van der Waals surface area contributed by atoms with Gasteiger partial charge in [0.1, 0.15) is 17.5 Å². The fourth-order valence-electron chi connectivity index (χ4n) is 3.90. The summed E-state index contributed by atoms with van der Waals surface area (Å²) in [6.07, 6.45) is 1.19. The molecule has 0 saturated heterocycles. The number of methoxy groups -OCH3 is 1. The van der Waals surface area contributed by atoms with Gasteiger partial charge in [0.05, 0.1) is 7.11 Å². The molecule has 0 saturated carbocycles. The molecule has 0 heterocycles. The molecule has 0 aromatic heterocycles. The van der Waals surface area contributed by atoms with E-state index < -0.39 is 6.04 Å². The van der Waals surface area contributed by atoms with Crippen LogP contribution in [0.3, 0.4) is 0 Å².